The Morgan fingerprint density at radius 1 is 0.185 bits per heavy atom. The molecule has 10 aromatic carbocycles. The summed E-state index contributed by atoms with van der Waals surface area (Å²) in [7, 11) is 12.6. The monoisotopic (exact) mass is 2250 g/mol. The van der Waals surface area contributed by atoms with Gasteiger partial charge in [-0.2, -0.15) is 0 Å². The Labute approximate surface area is 901 Å². The van der Waals surface area contributed by atoms with Gasteiger partial charge in [-0.25, -0.2) is 0 Å². The normalized spacial score (nSPS) is 27.3. The molecule has 0 amide bonds. The van der Waals surface area contributed by atoms with Crippen molar-refractivity contribution < 1.29 is 94.4 Å². The van der Waals surface area contributed by atoms with Crippen molar-refractivity contribution in [3.05, 3.63) is 316 Å². The summed E-state index contributed by atoms with van der Waals surface area (Å²) in [6, 6.07) is 87.2. The lowest BCUT2D eigenvalue weighted by molar-refractivity contribution is -0.203. The van der Waals surface area contributed by atoms with Gasteiger partial charge in [-0.1, -0.05) is 272 Å². The van der Waals surface area contributed by atoms with Gasteiger partial charge in [0.15, 0.2) is 0 Å². The largest absolute Gasteiger partial charge is 0.494 e. The van der Waals surface area contributed by atoms with E-state index in [1.54, 1.807) is 56.9 Å². The van der Waals surface area contributed by atoms with Crippen LogP contribution in [-0.4, -0.2) is 148 Å². The van der Waals surface area contributed by atoms with E-state index in [2.05, 4.69) is 376 Å². The van der Waals surface area contributed by atoms with Gasteiger partial charge in [0.25, 0.3) is 0 Å². The molecule has 0 bridgehead atoms. The molecule has 7 fully saturated rings. The molecule has 0 aromatic heterocycles. The van der Waals surface area contributed by atoms with Crippen LogP contribution in [-0.2, 0) is 150 Å². The summed E-state index contributed by atoms with van der Waals surface area (Å²) in [5.74, 6) is 0. The Bertz CT molecular complexity index is 5540. The molecule has 2 saturated heterocycles. The maximum atomic E-state index is 6.69. The minimum atomic E-state index is -0.521. The molecule has 10 aromatic rings. The molecule has 2 heterocycles. The molecule has 17 rings (SSSR count). The van der Waals surface area contributed by atoms with Crippen molar-refractivity contribution >= 4 is 88.9 Å². The zero-order chi connectivity index (χ0) is 104. The van der Waals surface area contributed by atoms with E-state index in [1.807, 2.05) is 0 Å². The quantitative estimate of drug-likeness (QED) is 0.0263. The first-order valence-electron chi connectivity index (χ1n) is 51.4. The van der Waals surface area contributed by atoms with Gasteiger partial charge in [0.2, 0.25) is 0 Å². The highest BCUT2D eigenvalue weighted by Gasteiger charge is 2.56. The van der Waals surface area contributed by atoms with Crippen LogP contribution in [0, 0.1) is 0 Å². The first-order valence-corrected chi connectivity index (χ1v) is 54.6. The molecule has 5 saturated carbocycles. The van der Waals surface area contributed by atoms with Crippen LogP contribution in [0.15, 0.2) is 261 Å². The van der Waals surface area contributed by atoms with Crippen LogP contribution in [0.3, 0.4) is 0 Å². The second-order valence-electron chi connectivity index (χ2n) is 43.2. The molecule has 7 aliphatic rings. The Morgan fingerprint density at radius 3 is 0.466 bits per heavy atom. The van der Waals surface area contributed by atoms with Crippen molar-refractivity contribution in [2.75, 3.05) is 111 Å². The number of methoxy groups -OCH3 is 8. The van der Waals surface area contributed by atoms with E-state index < -0.39 is 64.6 Å². The van der Waals surface area contributed by atoms with E-state index >= 15 is 0 Å². The summed E-state index contributed by atoms with van der Waals surface area (Å²) in [6.45, 7) is 23.3. The molecule has 0 spiro atoms. The fraction of sp³-hybridized carbons (Fsp3) is 0.500. The molecule has 784 valence electrons. The van der Waals surface area contributed by atoms with Crippen LogP contribution in [0.25, 0.3) is 22.3 Å². The third kappa shape index (κ3) is 25.4. The van der Waals surface area contributed by atoms with E-state index in [0.717, 1.165) is 191 Å². The summed E-state index contributed by atoms with van der Waals surface area (Å²) in [5.41, 5.74) is 13.8. The number of halogens is 4. The van der Waals surface area contributed by atoms with Crippen LogP contribution in [0.2, 0.25) is 0 Å². The molecule has 20 nitrogen and oxygen atoms in total. The molecule has 0 atom stereocenters. The lowest BCUT2D eigenvalue weighted by Crippen LogP contribution is -2.44. The van der Waals surface area contributed by atoms with Crippen molar-refractivity contribution in [2.45, 2.75) is 276 Å². The highest BCUT2D eigenvalue weighted by molar-refractivity contribution is 9.11. The summed E-state index contributed by atoms with van der Waals surface area (Å²) in [5, 5.41) is 0. The SMILES string of the molecule is COCOC1(c2ccc(B3OC(C)(C)C(C)(C)O3)cc2)CCC(OCOC)(c2ccc(B3OC(C)(C)C(C)(C)O3)cc2)CC1.COCOC1(c2ccc(Br)cc2)CCC(C)(c2ccc(-c3ccc(C4(C)CCC(OCOC)(c5ccc(-c6ccc(C7(OCOC)CCC(OCOC)(c8ccc(Br)cc8)CC7)cc6)cc5)CC4)cc3)cc2)CC1.COCOC1(c2ccc(Br)cc2)CCC(OCOC)(c2ccc(Br)cc2)CC1. The van der Waals surface area contributed by atoms with Gasteiger partial charge in [-0.15, -0.1) is 0 Å². The molecular formula is C120H150B2Br4O20. The first kappa shape index (κ1) is 114. The van der Waals surface area contributed by atoms with E-state index in [-0.39, 0.29) is 82.0 Å². The van der Waals surface area contributed by atoms with Gasteiger partial charge in [-0.05, 0) is 332 Å². The van der Waals surface area contributed by atoms with Gasteiger partial charge in [-0.3, -0.25) is 0 Å². The predicted octanol–water partition coefficient (Wildman–Crippen LogP) is 27.5. The Kier molecular flexibility index (Phi) is 38.0. The lowest BCUT2D eigenvalue weighted by atomic mass is 9.64. The van der Waals surface area contributed by atoms with Gasteiger partial charge < -0.3 is 94.4 Å². The van der Waals surface area contributed by atoms with Crippen molar-refractivity contribution in [2.24, 2.45) is 0 Å². The maximum absolute atomic E-state index is 6.69. The zero-order valence-electron chi connectivity index (χ0n) is 88.7. The summed E-state index contributed by atoms with van der Waals surface area (Å²) in [6.07, 6.45) is 17.2. The summed E-state index contributed by atoms with van der Waals surface area (Å²) < 4.78 is 124. The highest BCUT2D eigenvalue weighted by Crippen LogP contribution is 2.57. The van der Waals surface area contributed by atoms with Crippen molar-refractivity contribution in [3.63, 3.8) is 0 Å². The predicted molar refractivity (Wildman–Crippen MR) is 589 cm³/mol. The van der Waals surface area contributed by atoms with Gasteiger partial charge in [0, 0.05) is 74.8 Å². The van der Waals surface area contributed by atoms with Crippen LogP contribution < -0.4 is 10.9 Å². The molecule has 5 aliphatic carbocycles. The average Bonchev–Trinajstić information content (AvgIpc) is 1.21. The average molecular weight is 2250 g/mol. The number of ether oxygens (including phenoxy) is 16. The van der Waals surface area contributed by atoms with Gasteiger partial charge in [0.1, 0.15) is 54.3 Å². The van der Waals surface area contributed by atoms with E-state index in [9.17, 15) is 0 Å². The number of hydrogen-bond acceptors (Lipinski definition) is 20. The van der Waals surface area contributed by atoms with E-state index in [1.165, 1.54) is 44.5 Å². The molecular weight excluding hydrogens is 2100 g/mol. The molecule has 0 N–H and O–H groups in total. The Hall–Kier alpha value is -6.55. The van der Waals surface area contributed by atoms with Crippen molar-refractivity contribution in [1.29, 1.82) is 0 Å². The molecule has 26 heteroatoms. The van der Waals surface area contributed by atoms with Crippen LogP contribution >= 0.6 is 63.7 Å². The minimum Gasteiger partial charge on any atom is -0.399 e. The Balaban J connectivity index is 0.000000186. The fourth-order valence-electron chi connectivity index (χ4n) is 22.6. The number of rotatable bonds is 38. The lowest BCUT2D eigenvalue weighted by Gasteiger charge is -2.46. The Morgan fingerprint density at radius 2 is 0.315 bits per heavy atom. The standard InChI is InChI=1S/C64H74Br2O8.C34H50B2O8.C22H26Br2O4/c1-59(51-15-7-47(8-16-51)48-9-17-52(18-10-48)60(2)33-37-62(38-34-60,72-44-68-4)55-23-27-57(65)28-24-55)31-35-61(36-32-59,71-43-67-3)53-19-11-49(12-20-53)50-13-21-54(22-14-50)63(73-45-69-5)39-41-64(42-40-63,74-46-70-6)56-25-29-58(66)30-26-56;1-29(2)30(3,4)42-35(41-29)27-15-11-25(12-16-27)33(39-23-37-9)19-21-34(22-20-33,40-24-38-10)26-13-17-28(18-14-26)36-43-31(5,6)32(7,8)44-36;1-25-15-27-21(17-3-7-19(23)8-4-17)11-13-22(14-12-21,28-16-26-2)18-5-9-20(24)10-6-18/h7-30H,31-46H2,1-6H3;11-18H,19-24H2,1-10H3;3-10H,11-16H2,1-2H3. The third-order valence-corrected chi connectivity index (χ3v) is 35.7. The van der Waals surface area contributed by atoms with Crippen molar-refractivity contribution in [3.8, 4) is 22.3 Å². The maximum Gasteiger partial charge on any atom is 0.494 e. The topological polar surface area (TPSA) is 185 Å². The number of hydrogen-bond donors (Lipinski definition) is 0. The van der Waals surface area contributed by atoms with Crippen LogP contribution in [0.4, 0.5) is 0 Å². The molecule has 0 unspecified atom stereocenters. The highest BCUT2D eigenvalue weighted by atomic mass is 79.9. The van der Waals surface area contributed by atoms with Crippen molar-refractivity contribution in [1.82, 2.24) is 0 Å². The molecule has 0 radical (unpaired) electrons. The fourth-order valence-corrected chi connectivity index (χ4v) is 23.6. The molecule has 146 heavy (non-hydrogen) atoms. The van der Waals surface area contributed by atoms with Gasteiger partial charge in [0.05, 0.1) is 67.2 Å². The second-order valence-corrected chi connectivity index (χ2v) is 46.9. The summed E-state index contributed by atoms with van der Waals surface area (Å²) >= 11 is 14.2. The first-order chi connectivity index (χ1) is 70.0. The van der Waals surface area contributed by atoms with Crippen LogP contribution in [0.5, 0.6) is 0 Å². The second kappa shape index (κ2) is 48.8. The van der Waals surface area contributed by atoms with Crippen LogP contribution in [0.1, 0.15) is 253 Å². The third-order valence-electron chi connectivity index (χ3n) is 33.6. The minimum absolute atomic E-state index is 0.0259. The van der Waals surface area contributed by atoms with Gasteiger partial charge >= 0.3 is 14.2 Å². The molecule has 2 aliphatic heterocycles. The number of benzene rings is 10. The zero-order valence-corrected chi connectivity index (χ0v) is 95.1. The van der Waals surface area contributed by atoms with E-state index in [0.29, 0.717) is 0 Å². The smallest absolute Gasteiger partial charge is 0.399 e. The summed E-state index contributed by atoms with van der Waals surface area (Å²) in [4.78, 5) is 0. The van der Waals surface area contributed by atoms with E-state index in [4.69, 9.17) is 94.4 Å².